The van der Waals surface area contributed by atoms with Gasteiger partial charge in [0.2, 0.25) is 0 Å². The summed E-state index contributed by atoms with van der Waals surface area (Å²) in [5.74, 6) is 0.0465. The molecule has 0 spiro atoms. The fourth-order valence-electron chi connectivity index (χ4n) is 2.96. The van der Waals surface area contributed by atoms with Gasteiger partial charge in [-0.2, -0.15) is 0 Å². The summed E-state index contributed by atoms with van der Waals surface area (Å²) in [6, 6.07) is 7.42. The highest BCUT2D eigenvalue weighted by Gasteiger charge is 2.29. The number of nitrogens with zero attached hydrogens (tertiary/aromatic N) is 5. The number of hydrogen-bond donors (Lipinski definition) is 1. The highest BCUT2D eigenvalue weighted by atomic mass is 16.2. The molecule has 0 saturated carbocycles. The van der Waals surface area contributed by atoms with Gasteiger partial charge in [-0.05, 0) is 60.9 Å². The number of carbonyl (C=O) groups excluding carboxylic acids is 1. The van der Waals surface area contributed by atoms with Crippen molar-refractivity contribution in [2.45, 2.75) is 38.3 Å². The molecule has 2 unspecified atom stereocenters. The second-order valence-electron chi connectivity index (χ2n) is 5.72. The van der Waals surface area contributed by atoms with Crippen molar-refractivity contribution in [3.8, 4) is 5.69 Å². The van der Waals surface area contributed by atoms with E-state index >= 15 is 0 Å². The van der Waals surface area contributed by atoms with Crippen LogP contribution in [0.15, 0.2) is 30.6 Å². The molecular weight excluding hydrogens is 280 g/mol. The summed E-state index contributed by atoms with van der Waals surface area (Å²) >= 11 is 0. The number of amides is 1. The molecule has 7 heteroatoms. The van der Waals surface area contributed by atoms with E-state index in [0.717, 1.165) is 31.5 Å². The Bertz CT molecular complexity index is 622. The number of nitrogens with two attached hydrogens (primary N) is 1. The fraction of sp³-hybridized carbons (Fsp3) is 0.467. The van der Waals surface area contributed by atoms with Crippen LogP contribution in [0.4, 0.5) is 0 Å². The summed E-state index contributed by atoms with van der Waals surface area (Å²) in [7, 11) is 0. The highest BCUT2D eigenvalue weighted by molar-refractivity contribution is 5.94. The number of likely N-dealkylation sites (tertiary alicyclic amines) is 1. The summed E-state index contributed by atoms with van der Waals surface area (Å²) in [5, 5.41) is 11.0. The molecule has 2 heterocycles. The molecule has 2 N–H and O–H groups in total. The summed E-state index contributed by atoms with van der Waals surface area (Å²) in [5.41, 5.74) is 7.54. The lowest BCUT2D eigenvalue weighted by Crippen LogP contribution is -2.51. The predicted molar refractivity (Wildman–Crippen MR) is 81.5 cm³/mol. The fourth-order valence-corrected chi connectivity index (χ4v) is 2.96. The van der Waals surface area contributed by atoms with Gasteiger partial charge >= 0.3 is 0 Å². The van der Waals surface area contributed by atoms with E-state index < -0.39 is 0 Å². The van der Waals surface area contributed by atoms with E-state index in [2.05, 4.69) is 15.5 Å². The van der Waals surface area contributed by atoms with Gasteiger partial charge in [0.15, 0.2) is 0 Å². The Morgan fingerprint density at radius 1 is 1.32 bits per heavy atom. The first-order chi connectivity index (χ1) is 10.7. The molecule has 1 saturated heterocycles. The quantitative estimate of drug-likeness (QED) is 0.913. The predicted octanol–water partition coefficient (Wildman–Crippen LogP) is 1.00. The first-order valence-electron chi connectivity index (χ1n) is 7.57. The number of piperidine rings is 1. The van der Waals surface area contributed by atoms with Crippen LogP contribution in [-0.2, 0) is 0 Å². The van der Waals surface area contributed by atoms with Crippen LogP contribution in [-0.4, -0.2) is 49.6 Å². The number of carbonyl (C=O) groups is 1. The number of tetrazole rings is 1. The molecule has 1 aromatic heterocycles. The Labute approximate surface area is 129 Å². The lowest BCUT2D eigenvalue weighted by Gasteiger charge is -2.38. The highest BCUT2D eigenvalue weighted by Crippen LogP contribution is 2.22. The van der Waals surface area contributed by atoms with E-state index in [9.17, 15) is 4.79 Å². The zero-order valence-corrected chi connectivity index (χ0v) is 12.6. The summed E-state index contributed by atoms with van der Waals surface area (Å²) in [6.07, 6.45) is 4.67. The van der Waals surface area contributed by atoms with Gasteiger partial charge in [0.05, 0.1) is 5.69 Å². The lowest BCUT2D eigenvalue weighted by molar-refractivity contribution is 0.0584. The molecule has 2 atom stereocenters. The van der Waals surface area contributed by atoms with Gasteiger partial charge in [0, 0.05) is 24.2 Å². The molecule has 0 bridgehead atoms. The minimum absolute atomic E-state index is 0.00949. The SMILES string of the molecule is CC(N)C1CCCCN1C(=O)c1ccc(-n2cnnn2)cc1. The van der Waals surface area contributed by atoms with Gasteiger partial charge < -0.3 is 10.6 Å². The summed E-state index contributed by atoms with van der Waals surface area (Å²) in [6.45, 7) is 2.75. The third-order valence-electron chi connectivity index (χ3n) is 4.14. The average molecular weight is 300 g/mol. The van der Waals surface area contributed by atoms with Gasteiger partial charge in [0.25, 0.3) is 5.91 Å². The average Bonchev–Trinajstić information content (AvgIpc) is 3.09. The van der Waals surface area contributed by atoms with E-state index in [0.29, 0.717) is 5.56 Å². The minimum Gasteiger partial charge on any atom is -0.334 e. The van der Waals surface area contributed by atoms with Crippen molar-refractivity contribution in [2.24, 2.45) is 5.73 Å². The van der Waals surface area contributed by atoms with Crippen LogP contribution in [0, 0.1) is 0 Å². The Morgan fingerprint density at radius 3 is 2.73 bits per heavy atom. The number of aromatic nitrogens is 4. The Hall–Kier alpha value is -2.28. The number of benzene rings is 1. The monoisotopic (exact) mass is 300 g/mol. The van der Waals surface area contributed by atoms with Crippen molar-refractivity contribution in [2.75, 3.05) is 6.54 Å². The van der Waals surface area contributed by atoms with Gasteiger partial charge in [-0.3, -0.25) is 4.79 Å². The Morgan fingerprint density at radius 2 is 2.09 bits per heavy atom. The molecule has 1 fully saturated rings. The molecule has 1 aliphatic heterocycles. The molecule has 3 rings (SSSR count). The smallest absolute Gasteiger partial charge is 0.254 e. The van der Waals surface area contributed by atoms with Crippen molar-refractivity contribution >= 4 is 5.91 Å². The maximum absolute atomic E-state index is 12.7. The van der Waals surface area contributed by atoms with Gasteiger partial charge in [-0.25, -0.2) is 4.68 Å². The second kappa shape index (κ2) is 6.23. The second-order valence-corrected chi connectivity index (χ2v) is 5.72. The van der Waals surface area contributed by atoms with Crippen LogP contribution in [0.3, 0.4) is 0 Å². The normalized spacial score (nSPS) is 19.9. The molecule has 22 heavy (non-hydrogen) atoms. The third-order valence-corrected chi connectivity index (χ3v) is 4.14. The molecule has 0 radical (unpaired) electrons. The topological polar surface area (TPSA) is 89.9 Å². The standard InChI is InChI=1S/C15H20N6O/c1-11(16)14-4-2-3-9-20(14)15(22)12-5-7-13(8-6-12)21-10-17-18-19-21/h5-8,10-11,14H,2-4,9,16H2,1H3. The van der Waals surface area contributed by atoms with Crippen LogP contribution in [0.5, 0.6) is 0 Å². The first-order valence-corrected chi connectivity index (χ1v) is 7.57. The van der Waals surface area contributed by atoms with E-state index in [1.165, 1.54) is 6.33 Å². The molecular formula is C15H20N6O. The lowest BCUT2D eigenvalue weighted by atomic mass is 9.96. The molecule has 7 nitrogen and oxygen atoms in total. The molecule has 116 valence electrons. The van der Waals surface area contributed by atoms with Crippen molar-refractivity contribution in [1.29, 1.82) is 0 Å². The van der Waals surface area contributed by atoms with Crippen LogP contribution < -0.4 is 5.73 Å². The first kappa shape index (κ1) is 14.6. The van der Waals surface area contributed by atoms with Crippen LogP contribution in [0.25, 0.3) is 5.69 Å². The Kier molecular flexibility index (Phi) is 4.15. The number of hydrogen-bond acceptors (Lipinski definition) is 5. The molecule has 1 aromatic carbocycles. The molecule has 1 aliphatic rings. The maximum Gasteiger partial charge on any atom is 0.254 e. The van der Waals surface area contributed by atoms with Crippen LogP contribution >= 0.6 is 0 Å². The minimum atomic E-state index is -0.00949. The van der Waals surface area contributed by atoms with Crippen molar-refractivity contribution in [1.82, 2.24) is 25.1 Å². The van der Waals surface area contributed by atoms with E-state index in [4.69, 9.17) is 5.73 Å². The number of rotatable bonds is 3. The van der Waals surface area contributed by atoms with Crippen molar-refractivity contribution in [3.05, 3.63) is 36.2 Å². The summed E-state index contributed by atoms with van der Waals surface area (Å²) in [4.78, 5) is 14.7. The Balaban J connectivity index is 1.79. The van der Waals surface area contributed by atoms with Crippen LogP contribution in [0.2, 0.25) is 0 Å². The maximum atomic E-state index is 12.7. The molecule has 1 amide bonds. The summed E-state index contributed by atoms with van der Waals surface area (Å²) < 4.78 is 1.56. The van der Waals surface area contributed by atoms with Gasteiger partial charge in [0.1, 0.15) is 6.33 Å². The largest absolute Gasteiger partial charge is 0.334 e. The zero-order chi connectivity index (χ0) is 15.5. The third kappa shape index (κ3) is 2.85. The van der Waals surface area contributed by atoms with E-state index in [1.807, 2.05) is 36.1 Å². The van der Waals surface area contributed by atoms with Crippen molar-refractivity contribution in [3.63, 3.8) is 0 Å². The molecule has 2 aromatic rings. The van der Waals surface area contributed by atoms with Crippen molar-refractivity contribution < 1.29 is 4.79 Å². The molecule has 0 aliphatic carbocycles. The zero-order valence-electron chi connectivity index (χ0n) is 12.6. The van der Waals surface area contributed by atoms with E-state index in [1.54, 1.807) is 4.68 Å². The van der Waals surface area contributed by atoms with Gasteiger partial charge in [-0.15, -0.1) is 5.10 Å². The van der Waals surface area contributed by atoms with E-state index in [-0.39, 0.29) is 18.0 Å². The van der Waals surface area contributed by atoms with Crippen LogP contribution in [0.1, 0.15) is 36.5 Å². The van der Waals surface area contributed by atoms with Gasteiger partial charge in [-0.1, -0.05) is 0 Å².